The van der Waals surface area contributed by atoms with Crippen molar-refractivity contribution in [2.75, 3.05) is 38.1 Å². The molecule has 0 spiro atoms. The number of hydrogen-bond donors (Lipinski definition) is 1. The number of benzene rings is 1. The molecule has 2 heterocycles. The topological polar surface area (TPSA) is 30.9 Å². The maximum absolute atomic E-state index is 4.49. The van der Waals surface area contributed by atoms with Gasteiger partial charge in [-0.25, -0.2) is 0 Å². The van der Waals surface area contributed by atoms with Crippen LogP contribution in [0.3, 0.4) is 0 Å². The van der Waals surface area contributed by atoms with E-state index < -0.39 is 0 Å². The lowest BCUT2D eigenvalue weighted by atomic mass is 10.0. The number of piperidine rings is 1. The minimum Gasteiger partial charge on any atom is -0.356 e. The highest BCUT2D eigenvalue weighted by Gasteiger charge is 2.22. The Bertz CT molecular complexity index is 560. The summed E-state index contributed by atoms with van der Waals surface area (Å²) in [5.74, 6) is 1.02. The summed E-state index contributed by atoms with van der Waals surface area (Å²) >= 11 is 0. The average molecular weight is 456 g/mol. The number of anilines is 1. The van der Waals surface area contributed by atoms with E-state index >= 15 is 0 Å². The summed E-state index contributed by atoms with van der Waals surface area (Å²) in [7, 11) is 1.89. The molecule has 2 aliphatic rings. The van der Waals surface area contributed by atoms with Gasteiger partial charge in [0, 0.05) is 31.9 Å². The molecular weight excluding hydrogens is 423 g/mol. The number of para-hydroxylation sites is 1. The number of rotatable bonds is 5. The lowest BCUT2D eigenvalue weighted by Crippen LogP contribution is -2.41. The number of nitrogens with zero attached hydrogens (tertiary/aromatic N) is 3. The maximum atomic E-state index is 4.49. The zero-order valence-corrected chi connectivity index (χ0v) is 18.0. The summed E-state index contributed by atoms with van der Waals surface area (Å²) in [5.41, 5.74) is 2.74. The van der Waals surface area contributed by atoms with Gasteiger partial charge in [-0.05, 0) is 63.7 Å². The summed E-state index contributed by atoms with van der Waals surface area (Å²) in [6, 6.07) is 9.44. The van der Waals surface area contributed by atoms with E-state index in [4.69, 9.17) is 0 Å². The molecule has 0 saturated carbocycles. The van der Waals surface area contributed by atoms with Gasteiger partial charge in [0.1, 0.15) is 0 Å². The molecule has 0 amide bonds. The number of guanidine groups is 1. The smallest absolute Gasteiger partial charge is 0.198 e. The van der Waals surface area contributed by atoms with Crippen LogP contribution in [0.25, 0.3) is 0 Å². The van der Waals surface area contributed by atoms with Gasteiger partial charge in [0.25, 0.3) is 0 Å². The summed E-state index contributed by atoms with van der Waals surface area (Å²) in [6.07, 6.45) is 7.75. The van der Waals surface area contributed by atoms with E-state index in [1.54, 1.807) is 0 Å². The number of likely N-dealkylation sites (tertiary alicyclic amines) is 1. The van der Waals surface area contributed by atoms with Crippen molar-refractivity contribution in [1.29, 1.82) is 0 Å². The third-order valence-electron chi connectivity index (χ3n) is 5.45. The van der Waals surface area contributed by atoms with Gasteiger partial charge in [-0.15, -0.1) is 24.0 Å². The highest BCUT2D eigenvalue weighted by atomic mass is 127. The lowest BCUT2D eigenvalue weighted by molar-refractivity contribution is 0.158. The first kappa shape index (κ1) is 20.5. The molecule has 0 bridgehead atoms. The Morgan fingerprint density at radius 3 is 2.84 bits per heavy atom. The molecule has 3 rings (SSSR count). The largest absolute Gasteiger partial charge is 0.356 e. The third kappa shape index (κ3) is 5.33. The first-order valence-electron chi connectivity index (χ1n) is 9.59. The molecule has 1 aromatic carbocycles. The van der Waals surface area contributed by atoms with Gasteiger partial charge < -0.3 is 15.1 Å². The highest BCUT2D eigenvalue weighted by molar-refractivity contribution is 14.0. The Morgan fingerprint density at radius 1 is 1.20 bits per heavy atom. The van der Waals surface area contributed by atoms with E-state index in [-0.39, 0.29) is 24.0 Å². The fraction of sp³-hybridized carbons (Fsp3) is 0.650. The molecule has 0 aliphatic carbocycles. The van der Waals surface area contributed by atoms with E-state index in [1.165, 1.54) is 56.4 Å². The zero-order chi connectivity index (χ0) is 16.8. The summed E-state index contributed by atoms with van der Waals surface area (Å²) in [5, 5.41) is 3.56. The second kappa shape index (κ2) is 10.4. The Balaban J connectivity index is 0.00000225. The number of nitrogens with one attached hydrogen (secondary N) is 1. The van der Waals surface area contributed by atoms with Crippen molar-refractivity contribution in [3.05, 3.63) is 29.8 Å². The van der Waals surface area contributed by atoms with E-state index in [2.05, 4.69) is 51.3 Å². The predicted molar refractivity (Wildman–Crippen MR) is 118 cm³/mol. The number of hydrogen-bond acceptors (Lipinski definition) is 2. The van der Waals surface area contributed by atoms with Crippen molar-refractivity contribution in [2.45, 2.75) is 51.5 Å². The molecular formula is C20H33IN4. The van der Waals surface area contributed by atoms with Crippen LogP contribution in [0.5, 0.6) is 0 Å². The van der Waals surface area contributed by atoms with Crippen LogP contribution in [0, 0.1) is 0 Å². The molecule has 5 heteroatoms. The van der Waals surface area contributed by atoms with Gasteiger partial charge in [0.05, 0.1) is 0 Å². The van der Waals surface area contributed by atoms with Crippen LogP contribution in [-0.4, -0.2) is 50.1 Å². The molecule has 1 unspecified atom stereocenters. The summed E-state index contributed by atoms with van der Waals surface area (Å²) in [6.45, 7) is 6.96. The number of unbranched alkanes of at least 4 members (excludes halogenated alkanes) is 1. The second-order valence-corrected chi connectivity index (χ2v) is 7.09. The van der Waals surface area contributed by atoms with Gasteiger partial charge in [0.15, 0.2) is 5.96 Å². The highest BCUT2D eigenvalue weighted by Crippen LogP contribution is 2.27. The van der Waals surface area contributed by atoms with Crippen LogP contribution in [-0.2, 0) is 6.42 Å². The lowest BCUT2D eigenvalue weighted by Gasteiger charge is -2.33. The molecule has 2 aliphatic heterocycles. The van der Waals surface area contributed by atoms with Gasteiger partial charge in [-0.3, -0.25) is 4.99 Å². The van der Waals surface area contributed by atoms with Crippen molar-refractivity contribution >= 4 is 35.6 Å². The van der Waals surface area contributed by atoms with E-state index in [1.807, 2.05) is 7.05 Å². The van der Waals surface area contributed by atoms with Gasteiger partial charge in [0.2, 0.25) is 0 Å². The molecule has 1 fully saturated rings. The Hall–Kier alpha value is -0.820. The number of fused-ring (bicyclic) bond motifs is 1. The van der Waals surface area contributed by atoms with Crippen molar-refractivity contribution in [1.82, 2.24) is 10.2 Å². The molecule has 140 valence electrons. The molecule has 4 nitrogen and oxygen atoms in total. The van der Waals surface area contributed by atoms with Crippen molar-refractivity contribution in [2.24, 2.45) is 4.99 Å². The Labute approximate surface area is 170 Å². The fourth-order valence-corrected chi connectivity index (χ4v) is 3.98. The maximum Gasteiger partial charge on any atom is 0.198 e. The quantitative estimate of drug-likeness (QED) is 0.316. The van der Waals surface area contributed by atoms with Crippen LogP contribution in [0.15, 0.2) is 29.3 Å². The number of aliphatic imine (C=N–C) groups is 1. The second-order valence-electron chi connectivity index (χ2n) is 7.09. The van der Waals surface area contributed by atoms with Gasteiger partial charge in [-0.2, -0.15) is 0 Å². The fourth-order valence-electron chi connectivity index (χ4n) is 3.98. The molecule has 1 aromatic rings. The molecule has 25 heavy (non-hydrogen) atoms. The summed E-state index contributed by atoms with van der Waals surface area (Å²) in [4.78, 5) is 9.47. The standard InChI is InChI=1S/C20H32N4.HI/c1-17-9-5-7-14-23(17)15-8-6-13-22-20(21-2)24-16-12-18-10-3-4-11-19(18)24;/h3-4,10-11,17H,5-9,12-16H2,1-2H3,(H,21,22);1H. The summed E-state index contributed by atoms with van der Waals surface area (Å²) < 4.78 is 0. The monoisotopic (exact) mass is 456 g/mol. The molecule has 0 radical (unpaired) electrons. The molecule has 1 saturated heterocycles. The van der Waals surface area contributed by atoms with Gasteiger partial charge in [-0.1, -0.05) is 24.6 Å². The van der Waals surface area contributed by atoms with Crippen LogP contribution in [0.2, 0.25) is 0 Å². The molecule has 1 N–H and O–H groups in total. The van der Waals surface area contributed by atoms with Crippen molar-refractivity contribution in [3.63, 3.8) is 0 Å². The van der Waals surface area contributed by atoms with Crippen LogP contribution in [0.1, 0.15) is 44.6 Å². The molecule has 1 atom stereocenters. The Kier molecular flexibility index (Phi) is 8.49. The first-order chi connectivity index (χ1) is 11.8. The third-order valence-corrected chi connectivity index (χ3v) is 5.45. The minimum absolute atomic E-state index is 0. The van der Waals surface area contributed by atoms with Crippen LogP contribution in [0.4, 0.5) is 5.69 Å². The van der Waals surface area contributed by atoms with E-state index in [9.17, 15) is 0 Å². The Morgan fingerprint density at radius 2 is 2.04 bits per heavy atom. The predicted octanol–water partition coefficient (Wildman–Crippen LogP) is 3.90. The first-order valence-corrected chi connectivity index (χ1v) is 9.59. The minimum atomic E-state index is 0. The zero-order valence-electron chi connectivity index (χ0n) is 15.7. The average Bonchev–Trinajstić information content (AvgIpc) is 3.04. The molecule has 0 aromatic heterocycles. The number of halogens is 1. The van der Waals surface area contributed by atoms with Crippen molar-refractivity contribution in [3.8, 4) is 0 Å². The van der Waals surface area contributed by atoms with E-state index in [0.717, 1.165) is 31.5 Å². The van der Waals surface area contributed by atoms with Gasteiger partial charge >= 0.3 is 0 Å². The van der Waals surface area contributed by atoms with Crippen molar-refractivity contribution < 1.29 is 0 Å². The normalized spacial score (nSPS) is 21.0. The SMILES string of the molecule is CN=C(NCCCCN1CCCCC1C)N1CCc2ccccc21.I. The van der Waals surface area contributed by atoms with E-state index in [0.29, 0.717) is 0 Å². The van der Waals surface area contributed by atoms with Crippen LogP contribution < -0.4 is 10.2 Å². The van der Waals surface area contributed by atoms with Crippen LogP contribution >= 0.6 is 24.0 Å².